The molecule has 0 saturated carbocycles. The highest BCUT2D eigenvalue weighted by atomic mass is 16.5. The number of hydrogen-bond acceptors (Lipinski definition) is 6. The van der Waals surface area contributed by atoms with Gasteiger partial charge in [-0.05, 0) is 38.0 Å². The van der Waals surface area contributed by atoms with Crippen molar-refractivity contribution in [2.24, 2.45) is 4.99 Å². The van der Waals surface area contributed by atoms with Crippen molar-refractivity contribution in [2.75, 3.05) is 67.2 Å². The zero-order valence-corrected chi connectivity index (χ0v) is 19.7. The maximum absolute atomic E-state index is 5.49. The molecule has 31 heavy (non-hydrogen) atoms. The van der Waals surface area contributed by atoms with Crippen LogP contribution in [0.15, 0.2) is 23.2 Å². The van der Waals surface area contributed by atoms with Crippen molar-refractivity contribution in [3.8, 4) is 11.5 Å². The molecule has 0 aliphatic carbocycles. The standard InChI is InChI=1S/C23H39N5O3/c1-23(2,28-8-10-31-11-9-28)17-25-22(24-3)26-19-6-7-27(16-19)15-18-12-20(29-4)14-21(13-18)30-5/h12-14,19H,6-11,15-17H2,1-5H3,(H2,24,25,26). The Hall–Kier alpha value is -2.03. The molecule has 2 aliphatic heterocycles. The number of methoxy groups -OCH3 is 2. The Labute approximate surface area is 186 Å². The summed E-state index contributed by atoms with van der Waals surface area (Å²) in [6.07, 6.45) is 1.09. The zero-order chi connectivity index (χ0) is 22.3. The second kappa shape index (κ2) is 11.0. The van der Waals surface area contributed by atoms with E-state index in [1.54, 1.807) is 14.2 Å². The molecular formula is C23H39N5O3. The molecule has 2 saturated heterocycles. The van der Waals surface area contributed by atoms with Crippen molar-refractivity contribution in [3.63, 3.8) is 0 Å². The fourth-order valence-corrected chi connectivity index (χ4v) is 4.28. The van der Waals surface area contributed by atoms with Gasteiger partial charge in [-0.25, -0.2) is 0 Å². The molecule has 3 rings (SSSR count). The SMILES string of the molecule is CN=C(NCC(C)(C)N1CCOCC1)NC1CCN(Cc2cc(OC)cc(OC)c2)C1. The number of nitrogens with zero attached hydrogens (tertiary/aromatic N) is 3. The molecule has 0 aromatic heterocycles. The molecule has 1 aromatic rings. The third kappa shape index (κ3) is 6.72. The third-order valence-corrected chi connectivity index (χ3v) is 6.21. The number of aliphatic imine (C=N–C) groups is 1. The fraction of sp³-hybridized carbons (Fsp3) is 0.696. The fourth-order valence-electron chi connectivity index (χ4n) is 4.28. The molecule has 0 amide bonds. The molecule has 1 atom stereocenters. The predicted octanol–water partition coefficient (Wildman–Crippen LogP) is 1.55. The van der Waals surface area contributed by atoms with Crippen molar-refractivity contribution in [2.45, 2.75) is 38.4 Å². The lowest BCUT2D eigenvalue weighted by Gasteiger charge is -2.41. The number of guanidine groups is 1. The lowest BCUT2D eigenvalue weighted by molar-refractivity contribution is -0.00834. The van der Waals surface area contributed by atoms with E-state index in [-0.39, 0.29) is 5.54 Å². The second-order valence-electron chi connectivity index (χ2n) is 8.92. The van der Waals surface area contributed by atoms with E-state index in [0.29, 0.717) is 6.04 Å². The summed E-state index contributed by atoms with van der Waals surface area (Å²) >= 11 is 0. The minimum atomic E-state index is 0.0501. The van der Waals surface area contributed by atoms with Crippen LogP contribution < -0.4 is 20.1 Å². The number of ether oxygens (including phenoxy) is 3. The predicted molar refractivity (Wildman–Crippen MR) is 124 cm³/mol. The summed E-state index contributed by atoms with van der Waals surface area (Å²) in [5.41, 5.74) is 1.25. The lowest BCUT2D eigenvalue weighted by Crippen LogP contribution is -2.57. The summed E-state index contributed by atoms with van der Waals surface area (Å²) in [7, 11) is 5.22. The molecule has 0 spiro atoms. The summed E-state index contributed by atoms with van der Waals surface area (Å²) in [5.74, 6) is 2.53. The molecule has 0 bridgehead atoms. The van der Waals surface area contributed by atoms with Crippen LogP contribution in [0.1, 0.15) is 25.8 Å². The summed E-state index contributed by atoms with van der Waals surface area (Å²) in [6.45, 7) is 11.9. The van der Waals surface area contributed by atoms with Gasteiger partial charge in [0, 0.05) is 64.0 Å². The normalized spacial score (nSPS) is 21.2. The van der Waals surface area contributed by atoms with Gasteiger partial charge in [-0.15, -0.1) is 0 Å². The monoisotopic (exact) mass is 433 g/mol. The third-order valence-electron chi connectivity index (χ3n) is 6.21. The maximum Gasteiger partial charge on any atom is 0.191 e. The van der Waals surface area contributed by atoms with Gasteiger partial charge in [-0.2, -0.15) is 0 Å². The highest BCUT2D eigenvalue weighted by Crippen LogP contribution is 2.24. The average Bonchev–Trinajstić information content (AvgIpc) is 3.23. The summed E-state index contributed by atoms with van der Waals surface area (Å²) in [4.78, 5) is 9.39. The van der Waals surface area contributed by atoms with Gasteiger partial charge in [0.2, 0.25) is 0 Å². The first-order chi connectivity index (χ1) is 14.9. The van der Waals surface area contributed by atoms with Crippen molar-refractivity contribution < 1.29 is 14.2 Å². The van der Waals surface area contributed by atoms with E-state index in [2.05, 4.69) is 51.4 Å². The van der Waals surface area contributed by atoms with Gasteiger partial charge < -0.3 is 24.8 Å². The molecule has 2 fully saturated rings. The molecular weight excluding hydrogens is 394 g/mol. The van der Waals surface area contributed by atoms with Crippen molar-refractivity contribution in [1.29, 1.82) is 0 Å². The minimum Gasteiger partial charge on any atom is -0.497 e. The van der Waals surface area contributed by atoms with Crippen LogP contribution in [0.5, 0.6) is 11.5 Å². The van der Waals surface area contributed by atoms with Crippen LogP contribution in [0.3, 0.4) is 0 Å². The molecule has 2 heterocycles. The van der Waals surface area contributed by atoms with Gasteiger partial charge in [0.1, 0.15) is 11.5 Å². The minimum absolute atomic E-state index is 0.0501. The van der Waals surface area contributed by atoms with E-state index < -0.39 is 0 Å². The van der Waals surface area contributed by atoms with Crippen LogP contribution in [0.25, 0.3) is 0 Å². The Kier molecular flexibility index (Phi) is 8.40. The van der Waals surface area contributed by atoms with Crippen LogP contribution in [-0.4, -0.2) is 94.5 Å². The van der Waals surface area contributed by atoms with Crippen LogP contribution in [-0.2, 0) is 11.3 Å². The first-order valence-corrected chi connectivity index (χ1v) is 11.2. The Bertz CT molecular complexity index is 712. The van der Waals surface area contributed by atoms with Gasteiger partial charge in [0.15, 0.2) is 5.96 Å². The molecule has 8 heteroatoms. The largest absolute Gasteiger partial charge is 0.497 e. The molecule has 0 radical (unpaired) electrons. The first-order valence-electron chi connectivity index (χ1n) is 11.2. The van der Waals surface area contributed by atoms with Crippen LogP contribution in [0.2, 0.25) is 0 Å². The number of rotatable bonds is 8. The highest BCUT2D eigenvalue weighted by Gasteiger charge is 2.29. The van der Waals surface area contributed by atoms with Gasteiger partial charge >= 0.3 is 0 Å². The molecule has 2 N–H and O–H groups in total. The second-order valence-corrected chi connectivity index (χ2v) is 8.92. The number of nitrogens with one attached hydrogen (secondary N) is 2. The molecule has 1 aromatic carbocycles. The maximum atomic E-state index is 5.49. The van der Waals surface area contributed by atoms with Gasteiger partial charge in [-0.3, -0.25) is 14.8 Å². The molecule has 8 nitrogen and oxygen atoms in total. The van der Waals surface area contributed by atoms with Crippen molar-refractivity contribution in [1.82, 2.24) is 20.4 Å². The summed E-state index contributed by atoms with van der Waals surface area (Å²) in [5, 5.41) is 7.14. The number of hydrogen-bond donors (Lipinski definition) is 2. The highest BCUT2D eigenvalue weighted by molar-refractivity contribution is 5.80. The van der Waals surface area contributed by atoms with Crippen molar-refractivity contribution >= 4 is 5.96 Å². The molecule has 1 unspecified atom stereocenters. The Morgan fingerprint density at radius 1 is 1.13 bits per heavy atom. The Balaban J connectivity index is 1.48. The Morgan fingerprint density at radius 3 is 2.42 bits per heavy atom. The zero-order valence-electron chi connectivity index (χ0n) is 19.7. The van der Waals surface area contributed by atoms with E-state index in [1.807, 2.05) is 13.1 Å². The topological polar surface area (TPSA) is 70.6 Å². The van der Waals surface area contributed by atoms with Gasteiger partial charge in [0.05, 0.1) is 27.4 Å². The Morgan fingerprint density at radius 2 is 1.81 bits per heavy atom. The summed E-state index contributed by atoms with van der Waals surface area (Å²) in [6, 6.07) is 6.45. The van der Waals surface area contributed by atoms with Gasteiger partial charge in [-0.1, -0.05) is 0 Å². The van der Waals surface area contributed by atoms with Crippen LogP contribution in [0.4, 0.5) is 0 Å². The van der Waals surface area contributed by atoms with E-state index in [0.717, 1.165) is 76.4 Å². The number of morpholine rings is 1. The average molecular weight is 434 g/mol. The van der Waals surface area contributed by atoms with E-state index in [9.17, 15) is 0 Å². The van der Waals surface area contributed by atoms with E-state index >= 15 is 0 Å². The van der Waals surface area contributed by atoms with E-state index in [1.165, 1.54) is 5.56 Å². The molecule has 174 valence electrons. The number of benzene rings is 1. The first kappa shape index (κ1) is 23.6. The number of likely N-dealkylation sites (tertiary alicyclic amines) is 1. The van der Waals surface area contributed by atoms with Crippen LogP contribution in [0, 0.1) is 0 Å². The lowest BCUT2D eigenvalue weighted by atomic mass is 10.0. The van der Waals surface area contributed by atoms with Crippen LogP contribution >= 0.6 is 0 Å². The summed E-state index contributed by atoms with van der Waals surface area (Å²) < 4.78 is 16.3. The van der Waals surface area contributed by atoms with Crippen molar-refractivity contribution in [3.05, 3.63) is 23.8 Å². The van der Waals surface area contributed by atoms with E-state index in [4.69, 9.17) is 14.2 Å². The smallest absolute Gasteiger partial charge is 0.191 e. The van der Waals surface area contributed by atoms with Gasteiger partial charge in [0.25, 0.3) is 0 Å². The quantitative estimate of drug-likeness (QED) is 0.476. The molecule has 2 aliphatic rings.